The number of fused-ring (bicyclic) bond motifs is 1. The second kappa shape index (κ2) is 11.3. The Kier molecular flexibility index (Phi) is 7.98. The number of anilines is 1. The van der Waals surface area contributed by atoms with Crippen molar-refractivity contribution >= 4 is 32.7 Å². The molecule has 0 amide bonds. The van der Waals surface area contributed by atoms with Crippen LogP contribution < -0.4 is 5.32 Å². The molecule has 0 saturated carbocycles. The van der Waals surface area contributed by atoms with E-state index in [0.29, 0.717) is 24.8 Å². The molecule has 4 rings (SSSR count). The average molecular weight is 477 g/mol. The summed E-state index contributed by atoms with van der Waals surface area (Å²) < 4.78 is 8.52. The van der Waals surface area contributed by atoms with Crippen molar-refractivity contribution in [3.63, 3.8) is 0 Å². The quantitative estimate of drug-likeness (QED) is 0.292. The van der Waals surface area contributed by atoms with Crippen molar-refractivity contribution in [3.05, 3.63) is 83.7 Å². The number of esters is 1. The molecule has 2 aromatic carbocycles. The Morgan fingerprint density at radius 1 is 1.12 bits per heavy atom. The Morgan fingerprint density at radius 2 is 1.94 bits per heavy atom. The number of ether oxygens (including phenoxy) is 1. The topological polar surface area (TPSA) is 59.4 Å². The van der Waals surface area contributed by atoms with Gasteiger partial charge in [0.1, 0.15) is 0 Å². The summed E-state index contributed by atoms with van der Waals surface area (Å²) in [6.07, 6.45) is 6.35. The molecule has 178 valence electrons. The van der Waals surface area contributed by atoms with Gasteiger partial charge in [-0.2, -0.15) is 0 Å². The van der Waals surface area contributed by atoms with Crippen LogP contribution in [0.5, 0.6) is 0 Å². The summed E-state index contributed by atoms with van der Waals surface area (Å²) in [6.45, 7) is 3.80. The van der Waals surface area contributed by atoms with Gasteiger partial charge in [-0.05, 0) is 81.4 Å². The standard InChI is InChI=1S/C27H32N4O2S/c1-4-33-26(32)22-9-7-8-21(16-22)19-28-27-29-24-11-10-20(18-25(24)34-27)17-23(30(2)3)12-15-31-13-5-6-14-31/h5-11,13-14,16,18,23H,4,12,15,17,19H2,1-3H3,(H,28,29). The highest BCUT2D eigenvalue weighted by atomic mass is 32.1. The fourth-order valence-electron chi connectivity index (χ4n) is 4.00. The number of benzene rings is 2. The first kappa shape index (κ1) is 24.0. The van der Waals surface area contributed by atoms with Gasteiger partial charge in [-0.1, -0.05) is 29.5 Å². The van der Waals surface area contributed by atoms with E-state index in [4.69, 9.17) is 9.72 Å². The van der Waals surface area contributed by atoms with Crippen LogP contribution in [0.3, 0.4) is 0 Å². The molecule has 0 bridgehead atoms. The van der Waals surface area contributed by atoms with Gasteiger partial charge in [-0.3, -0.25) is 0 Å². The predicted octanol–water partition coefficient (Wildman–Crippen LogP) is 5.45. The van der Waals surface area contributed by atoms with Crippen LogP contribution >= 0.6 is 11.3 Å². The van der Waals surface area contributed by atoms with Crippen LogP contribution in [0.25, 0.3) is 10.2 Å². The monoisotopic (exact) mass is 476 g/mol. The van der Waals surface area contributed by atoms with Crippen LogP contribution in [0.1, 0.15) is 34.8 Å². The smallest absolute Gasteiger partial charge is 0.338 e. The molecule has 0 aliphatic heterocycles. The molecule has 6 nitrogen and oxygen atoms in total. The lowest BCUT2D eigenvalue weighted by Crippen LogP contribution is -2.31. The fraction of sp³-hybridized carbons (Fsp3) is 0.333. The van der Waals surface area contributed by atoms with Gasteiger partial charge in [0.25, 0.3) is 0 Å². The zero-order chi connectivity index (χ0) is 23.9. The first-order chi connectivity index (χ1) is 16.5. The van der Waals surface area contributed by atoms with Crippen molar-refractivity contribution in [3.8, 4) is 0 Å². The Labute approximate surface area is 205 Å². The fourth-order valence-corrected chi connectivity index (χ4v) is 4.93. The van der Waals surface area contributed by atoms with E-state index in [1.807, 2.05) is 25.1 Å². The summed E-state index contributed by atoms with van der Waals surface area (Å²) in [5.74, 6) is -0.291. The van der Waals surface area contributed by atoms with Gasteiger partial charge in [0.05, 0.1) is 22.4 Å². The minimum atomic E-state index is -0.291. The number of likely N-dealkylation sites (N-methyl/N-ethyl adjacent to an activating group) is 1. The van der Waals surface area contributed by atoms with Crippen LogP contribution in [-0.4, -0.2) is 47.2 Å². The first-order valence-electron chi connectivity index (χ1n) is 11.7. The van der Waals surface area contributed by atoms with Gasteiger partial charge in [0, 0.05) is 31.5 Å². The Morgan fingerprint density at radius 3 is 2.71 bits per heavy atom. The lowest BCUT2D eigenvalue weighted by molar-refractivity contribution is 0.0526. The van der Waals surface area contributed by atoms with Gasteiger partial charge in [-0.15, -0.1) is 0 Å². The SMILES string of the molecule is CCOC(=O)c1cccc(CNc2nc3ccc(CC(CCn4cccc4)N(C)C)cc3s2)c1. The molecule has 34 heavy (non-hydrogen) atoms. The Balaban J connectivity index is 1.39. The number of aromatic nitrogens is 2. The zero-order valence-corrected chi connectivity index (χ0v) is 20.8. The largest absolute Gasteiger partial charge is 0.462 e. The lowest BCUT2D eigenvalue weighted by atomic mass is 10.0. The molecular weight excluding hydrogens is 444 g/mol. The van der Waals surface area contributed by atoms with Gasteiger partial charge < -0.3 is 19.5 Å². The van der Waals surface area contributed by atoms with E-state index in [2.05, 4.69) is 71.6 Å². The Bertz CT molecular complexity index is 1220. The summed E-state index contributed by atoms with van der Waals surface area (Å²) in [6, 6.07) is 18.7. The van der Waals surface area contributed by atoms with E-state index < -0.39 is 0 Å². The summed E-state index contributed by atoms with van der Waals surface area (Å²) >= 11 is 1.66. The number of nitrogens with zero attached hydrogens (tertiary/aromatic N) is 3. The normalized spacial score (nSPS) is 12.2. The number of hydrogen-bond donors (Lipinski definition) is 1. The van der Waals surface area contributed by atoms with Crippen molar-refractivity contribution in [1.82, 2.24) is 14.5 Å². The summed E-state index contributed by atoms with van der Waals surface area (Å²) in [7, 11) is 4.31. The number of carbonyl (C=O) groups is 1. The van der Waals surface area contributed by atoms with E-state index in [0.717, 1.165) is 35.6 Å². The van der Waals surface area contributed by atoms with Crippen molar-refractivity contribution in [1.29, 1.82) is 0 Å². The molecule has 0 aliphatic carbocycles. The minimum absolute atomic E-state index is 0.291. The molecule has 0 spiro atoms. The highest BCUT2D eigenvalue weighted by molar-refractivity contribution is 7.22. The van der Waals surface area contributed by atoms with Crippen LogP contribution in [-0.2, 0) is 24.2 Å². The molecule has 0 saturated heterocycles. The molecule has 2 aromatic heterocycles. The van der Waals surface area contributed by atoms with Crippen LogP contribution in [0.15, 0.2) is 67.0 Å². The first-order valence-corrected chi connectivity index (χ1v) is 12.5. The third kappa shape index (κ3) is 6.24. The Hall–Kier alpha value is -3.16. The highest BCUT2D eigenvalue weighted by Gasteiger charge is 2.14. The number of aryl methyl sites for hydroxylation is 1. The maximum atomic E-state index is 12.0. The van der Waals surface area contributed by atoms with Gasteiger partial charge >= 0.3 is 5.97 Å². The minimum Gasteiger partial charge on any atom is -0.462 e. The molecule has 0 aliphatic rings. The summed E-state index contributed by atoms with van der Waals surface area (Å²) in [4.78, 5) is 19.0. The van der Waals surface area contributed by atoms with E-state index in [1.165, 1.54) is 10.3 Å². The predicted molar refractivity (Wildman–Crippen MR) is 140 cm³/mol. The molecule has 0 fully saturated rings. The van der Waals surface area contributed by atoms with E-state index in [-0.39, 0.29) is 5.97 Å². The lowest BCUT2D eigenvalue weighted by Gasteiger charge is -2.24. The van der Waals surface area contributed by atoms with Gasteiger partial charge in [0.2, 0.25) is 0 Å². The third-order valence-corrected chi connectivity index (χ3v) is 6.90. The molecule has 1 unspecified atom stereocenters. The van der Waals surface area contributed by atoms with E-state index in [9.17, 15) is 4.79 Å². The number of rotatable bonds is 11. The van der Waals surface area contributed by atoms with Crippen molar-refractivity contribution in [2.45, 2.75) is 38.9 Å². The van der Waals surface area contributed by atoms with Gasteiger partial charge in [0.15, 0.2) is 5.13 Å². The van der Waals surface area contributed by atoms with Crippen LogP contribution in [0.2, 0.25) is 0 Å². The van der Waals surface area contributed by atoms with Crippen molar-refractivity contribution < 1.29 is 9.53 Å². The number of nitrogens with one attached hydrogen (secondary N) is 1. The number of carbonyl (C=O) groups excluding carboxylic acids is 1. The van der Waals surface area contributed by atoms with Crippen molar-refractivity contribution in [2.75, 3.05) is 26.0 Å². The molecular formula is C27H32N4O2S. The maximum absolute atomic E-state index is 12.0. The molecule has 2 heterocycles. The molecule has 7 heteroatoms. The van der Waals surface area contributed by atoms with Crippen molar-refractivity contribution in [2.24, 2.45) is 0 Å². The molecule has 0 radical (unpaired) electrons. The number of hydrogen-bond acceptors (Lipinski definition) is 6. The maximum Gasteiger partial charge on any atom is 0.338 e. The number of thiazole rings is 1. The third-order valence-electron chi connectivity index (χ3n) is 5.92. The van der Waals surface area contributed by atoms with Crippen LogP contribution in [0, 0.1) is 0 Å². The van der Waals surface area contributed by atoms with E-state index >= 15 is 0 Å². The molecule has 1 N–H and O–H groups in total. The second-order valence-electron chi connectivity index (χ2n) is 8.63. The van der Waals surface area contributed by atoms with Gasteiger partial charge in [-0.25, -0.2) is 9.78 Å². The molecule has 1 atom stereocenters. The van der Waals surface area contributed by atoms with Crippen LogP contribution in [0.4, 0.5) is 5.13 Å². The summed E-state index contributed by atoms with van der Waals surface area (Å²) in [5.41, 5.74) is 3.92. The average Bonchev–Trinajstić information content (AvgIpc) is 3.50. The van der Waals surface area contributed by atoms with E-state index in [1.54, 1.807) is 17.4 Å². The summed E-state index contributed by atoms with van der Waals surface area (Å²) in [5, 5.41) is 4.29. The molecule has 4 aromatic rings. The second-order valence-corrected chi connectivity index (χ2v) is 9.66. The highest BCUT2D eigenvalue weighted by Crippen LogP contribution is 2.28. The zero-order valence-electron chi connectivity index (χ0n) is 20.0.